The summed E-state index contributed by atoms with van der Waals surface area (Å²) in [6, 6.07) is 135. The van der Waals surface area contributed by atoms with Crippen LogP contribution in [0.4, 0.5) is 0 Å². The summed E-state index contributed by atoms with van der Waals surface area (Å²) in [5.74, 6) is 1.35. The molecule has 8 nitrogen and oxygen atoms in total. The number of hydrogen-bond acceptors (Lipinski definition) is 4. The molecule has 0 radical (unpaired) electrons. The van der Waals surface area contributed by atoms with Gasteiger partial charge in [0.15, 0.2) is 5.82 Å². The molecule has 0 fully saturated rings. The van der Waals surface area contributed by atoms with Crippen molar-refractivity contribution in [3.63, 3.8) is 0 Å². The number of aromatic nitrogens is 8. The molecule has 0 N–H and O–H groups in total. The van der Waals surface area contributed by atoms with E-state index in [1.807, 2.05) is 12.1 Å². The van der Waals surface area contributed by atoms with Gasteiger partial charge in [0.1, 0.15) is 0 Å². The minimum atomic E-state index is 0.649. The molecular formula is C102H62N8. The zero-order chi connectivity index (χ0) is 72.1. The minimum absolute atomic E-state index is 0.649. The molecule has 0 atom stereocenters. The van der Waals surface area contributed by atoms with Crippen LogP contribution in [0, 0.1) is 0 Å². The van der Waals surface area contributed by atoms with Crippen molar-refractivity contribution in [3.8, 4) is 56.9 Å². The first-order chi connectivity index (χ1) is 54.5. The normalized spacial score (nSPS) is 12.0. The molecule has 18 aromatic carbocycles. The Kier molecular flexibility index (Phi) is 13.6. The van der Waals surface area contributed by atoms with E-state index in [2.05, 4.69) is 382 Å². The molecule has 0 aliphatic carbocycles. The highest BCUT2D eigenvalue weighted by molar-refractivity contribution is 6.23. The second kappa shape index (κ2) is 24.3. The van der Waals surface area contributed by atoms with E-state index in [9.17, 15) is 0 Å². The van der Waals surface area contributed by atoms with Crippen molar-refractivity contribution in [2.75, 3.05) is 0 Å². The number of fused-ring (bicyclic) bond motifs is 21. The number of benzene rings is 18. The molecule has 0 saturated heterocycles. The standard InChI is InChI=1S/C52H32N4.C50H30N4/c1-2-14-34(15-3-1)51-41-21-8-10-23-45(41)53-52(54-51)37-18-12-19-38(29-37)56-47-28-26-39(32-44(47)43-30-35-16-4-5-17-36(35)31-49(43)56)55-46-24-11-9-22-42(46)50-40-20-7-6-13-33(40)25-27-48(50)55;1-2-14-34-30-47-41(28-33(34)13-1)48-45(53-43-20-9-6-16-37(43)38-17-7-10-21-44(38)53)22-11-23-46(48)54(47)50-51-42-19-8-5-18-39(42)49(52-50)35-27-26-32-25-24-31-12-3-4-15-36(31)40(32)29-35/h1-32H;1-30H. The van der Waals surface area contributed by atoms with Crippen LogP contribution in [0.3, 0.4) is 0 Å². The van der Waals surface area contributed by atoms with Crippen molar-refractivity contribution in [2.45, 2.75) is 0 Å². The molecule has 24 aromatic rings. The van der Waals surface area contributed by atoms with Gasteiger partial charge in [-0.25, -0.2) is 19.9 Å². The van der Waals surface area contributed by atoms with Crippen molar-refractivity contribution in [2.24, 2.45) is 0 Å². The summed E-state index contributed by atoms with van der Waals surface area (Å²) in [6.07, 6.45) is 0. The lowest BCUT2D eigenvalue weighted by Gasteiger charge is -2.13. The Morgan fingerprint density at radius 1 is 0.182 bits per heavy atom. The first-order valence-corrected chi connectivity index (χ1v) is 37.5. The summed E-state index contributed by atoms with van der Waals surface area (Å²) in [5, 5.41) is 24.1. The second-order valence-corrected chi connectivity index (χ2v) is 28.8. The van der Waals surface area contributed by atoms with E-state index in [1.54, 1.807) is 0 Å². The van der Waals surface area contributed by atoms with Gasteiger partial charge < -0.3 is 13.7 Å². The predicted octanol–water partition coefficient (Wildman–Crippen LogP) is 26.4. The summed E-state index contributed by atoms with van der Waals surface area (Å²) < 4.78 is 9.55. The summed E-state index contributed by atoms with van der Waals surface area (Å²) in [5.41, 5.74) is 19.3. The summed E-state index contributed by atoms with van der Waals surface area (Å²) in [4.78, 5) is 21.2. The lowest BCUT2D eigenvalue weighted by atomic mass is 9.98. The van der Waals surface area contributed by atoms with Crippen molar-refractivity contribution in [3.05, 3.63) is 376 Å². The molecule has 510 valence electrons. The smallest absolute Gasteiger partial charge is 0.235 e. The molecule has 8 heteroatoms. The Morgan fingerprint density at radius 3 is 1.35 bits per heavy atom. The summed E-state index contributed by atoms with van der Waals surface area (Å²) >= 11 is 0. The van der Waals surface area contributed by atoms with Gasteiger partial charge in [-0.3, -0.25) is 4.57 Å². The Labute approximate surface area is 630 Å². The fourth-order valence-electron chi connectivity index (χ4n) is 17.8. The summed E-state index contributed by atoms with van der Waals surface area (Å²) in [6.45, 7) is 0. The van der Waals surface area contributed by atoms with Crippen LogP contribution in [-0.2, 0) is 0 Å². The molecule has 0 amide bonds. The molecule has 0 unspecified atom stereocenters. The van der Waals surface area contributed by atoms with Crippen molar-refractivity contribution >= 4 is 163 Å². The number of para-hydroxylation sites is 5. The average Bonchev–Trinajstić information content (AvgIpc) is 1.58. The van der Waals surface area contributed by atoms with E-state index in [4.69, 9.17) is 19.9 Å². The van der Waals surface area contributed by atoms with Crippen LogP contribution in [0.1, 0.15) is 0 Å². The zero-order valence-corrected chi connectivity index (χ0v) is 59.4. The average molecular weight is 1400 g/mol. The van der Waals surface area contributed by atoms with Crippen LogP contribution in [0.5, 0.6) is 0 Å². The van der Waals surface area contributed by atoms with Gasteiger partial charge in [-0.2, -0.15) is 0 Å². The zero-order valence-electron chi connectivity index (χ0n) is 59.4. The molecule has 0 bridgehead atoms. The largest absolute Gasteiger partial charge is 0.309 e. The van der Waals surface area contributed by atoms with Gasteiger partial charge in [-0.05, 0) is 163 Å². The molecule has 0 aliphatic heterocycles. The highest BCUT2D eigenvalue weighted by Crippen LogP contribution is 2.45. The maximum absolute atomic E-state index is 5.52. The van der Waals surface area contributed by atoms with Crippen LogP contribution in [0.2, 0.25) is 0 Å². The number of rotatable bonds is 7. The van der Waals surface area contributed by atoms with E-state index in [0.717, 1.165) is 94.4 Å². The topological polar surface area (TPSA) is 71.3 Å². The van der Waals surface area contributed by atoms with E-state index < -0.39 is 0 Å². The first kappa shape index (κ1) is 61.4. The molecule has 0 spiro atoms. The van der Waals surface area contributed by atoms with Crippen LogP contribution in [0.25, 0.3) is 220 Å². The lowest BCUT2D eigenvalue weighted by molar-refractivity contribution is 1.01. The van der Waals surface area contributed by atoms with E-state index in [1.165, 1.54) is 114 Å². The van der Waals surface area contributed by atoms with Crippen LogP contribution in [0.15, 0.2) is 376 Å². The highest BCUT2D eigenvalue weighted by Gasteiger charge is 2.25. The Bertz CT molecular complexity index is 7940. The first-order valence-electron chi connectivity index (χ1n) is 37.5. The van der Waals surface area contributed by atoms with Crippen molar-refractivity contribution in [1.29, 1.82) is 0 Å². The Hall–Kier alpha value is -14.9. The monoisotopic (exact) mass is 1400 g/mol. The predicted molar refractivity (Wildman–Crippen MR) is 460 cm³/mol. The number of hydrogen-bond donors (Lipinski definition) is 0. The molecule has 110 heavy (non-hydrogen) atoms. The highest BCUT2D eigenvalue weighted by atomic mass is 15.2. The maximum atomic E-state index is 5.52. The van der Waals surface area contributed by atoms with E-state index in [0.29, 0.717) is 11.8 Å². The molecule has 0 saturated carbocycles. The van der Waals surface area contributed by atoms with Gasteiger partial charge in [0.05, 0.1) is 72.2 Å². The Morgan fingerprint density at radius 2 is 0.636 bits per heavy atom. The second-order valence-electron chi connectivity index (χ2n) is 28.8. The SMILES string of the molecule is c1ccc(-c2nc(-c3cccc(-n4c5ccc(-n6c7ccccc7c7c8ccccc8ccc76)cc5c5cc6ccccc6cc54)c3)nc3ccccc23)cc1.c1ccc2cc3c(cc2c1)c1c(-n2c4ccccc4c4ccccc42)cccc1n3-c1nc(-c2ccc3ccc4ccccc4c3c2)c2ccccc2n1. The fourth-order valence-corrected chi connectivity index (χ4v) is 17.8. The van der Waals surface area contributed by atoms with E-state index >= 15 is 0 Å². The molecule has 24 rings (SSSR count). The van der Waals surface area contributed by atoms with Gasteiger partial charge in [-0.15, -0.1) is 0 Å². The lowest BCUT2D eigenvalue weighted by Crippen LogP contribution is -2.03. The third-order valence-corrected chi connectivity index (χ3v) is 22.7. The van der Waals surface area contributed by atoms with Gasteiger partial charge in [0.25, 0.3) is 0 Å². The molecule has 6 aromatic heterocycles. The fraction of sp³-hybridized carbons (Fsp3) is 0. The van der Waals surface area contributed by atoms with Crippen LogP contribution in [-0.4, -0.2) is 38.2 Å². The van der Waals surface area contributed by atoms with Crippen molar-refractivity contribution in [1.82, 2.24) is 38.2 Å². The molecule has 6 heterocycles. The number of nitrogens with zero attached hydrogens (tertiary/aromatic N) is 8. The Balaban J connectivity index is 0.000000132. The van der Waals surface area contributed by atoms with Gasteiger partial charge >= 0.3 is 0 Å². The molecule has 0 aliphatic rings. The van der Waals surface area contributed by atoms with Gasteiger partial charge in [0.2, 0.25) is 5.95 Å². The van der Waals surface area contributed by atoms with E-state index in [-0.39, 0.29) is 0 Å². The van der Waals surface area contributed by atoms with Gasteiger partial charge in [-0.1, -0.05) is 267 Å². The molecular weight excluding hydrogens is 1340 g/mol. The van der Waals surface area contributed by atoms with Gasteiger partial charge in [0, 0.05) is 81.9 Å². The quantitative estimate of drug-likeness (QED) is 0.149. The third-order valence-electron chi connectivity index (χ3n) is 22.7. The minimum Gasteiger partial charge on any atom is -0.309 e. The van der Waals surface area contributed by atoms with Crippen molar-refractivity contribution < 1.29 is 0 Å². The van der Waals surface area contributed by atoms with Crippen LogP contribution >= 0.6 is 0 Å². The summed E-state index contributed by atoms with van der Waals surface area (Å²) in [7, 11) is 0. The van der Waals surface area contributed by atoms with Crippen LogP contribution < -0.4 is 0 Å². The third kappa shape index (κ3) is 9.52. The maximum Gasteiger partial charge on any atom is 0.235 e.